The van der Waals surface area contributed by atoms with E-state index >= 15 is 0 Å². The van der Waals surface area contributed by atoms with Gasteiger partial charge in [-0.25, -0.2) is 0 Å². The number of hydrogen-bond acceptors (Lipinski definition) is 2. The second-order valence-electron chi connectivity index (χ2n) is 2.81. The Morgan fingerprint density at radius 2 is 2.00 bits per heavy atom. The normalized spacial score (nSPS) is 43.2. The van der Waals surface area contributed by atoms with Crippen molar-refractivity contribution in [3.63, 3.8) is 0 Å². The van der Waals surface area contributed by atoms with Gasteiger partial charge in [0.15, 0.2) is 0 Å². The van der Waals surface area contributed by atoms with Crippen molar-refractivity contribution in [1.29, 1.82) is 0 Å². The van der Waals surface area contributed by atoms with Gasteiger partial charge in [-0.3, -0.25) is 0 Å². The first-order valence-electron chi connectivity index (χ1n) is 3.39. The van der Waals surface area contributed by atoms with Crippen molar-refractivity contribution in [3.05, 3.63) is 12.2 Å². The van der Waals surface area contributed by atoms with Crippen LogP contribution in [-0.2, 0) is 0 Å². The van der Waals surface area contributed by atoms with E-state index in [1.165, 1.54) is 0 Å². The van der Waals surface area contributed by atoms with Gasteiger partial charge in [0.25, 0.3) is 0 Å². The lowest BCUT2D eigenvalue weighted by Gasteiger charge is -2.23. The summed E-state index contributed by atoms with van der Waals surface area (Å²) in [6, 6.07) is 0.459. The molecule has 4 N–H and O–H groups in total. The minimum absolute atomic E-state index is 0.191. The summed E-state index contributed by atoms with van der Waals surface area (Å²) in [5.41, 5.74) is 11.4. The molecule has 2 nitrogen and oxygen atoms in total. The molecule has 0 amide bonds. The second-order valence-corrected chi connectivity index (χ2v) is 2.81. The Kier molecular flexibility index (Phi) is 1.88. The van der Waals surface area contributed by atoms with Crippen molar-refractivity contribution in [2.45, 2.75) is 25.4 Å². The first kappa shape index (κ1) is 6.78. The summed E-state index contributed by atoms with van der Waals surface area (Å²) in [4.78, 5) is 0. The highest BCUT2D eigenvalue weighted by Gasteiger charge is 2.16. The molecular formula is C7H14N2. The van der Waals surface area contributed by atoms with E-state index in [1.807, 2.05) is 6.08 Å². The smallest absolute Gasteiger partial charge is 0.0238 e. The Morgan fingerprint density at radius 1 is 1.33 bits per heavy atom. The topological polar surface area (TPSA) is 52.0 Å². The predicted octanol–water partition coefficient (Wildman–Crippen LogP) is 0.237. The van der Waals surface area contributed by atoms with E-state index in [4.69, 9.17) is 11.5 Å². The fourth-order valence-electron chi connectivity index (χ4n) is 1.07. The molecule has 52 valence electrons. The van der Waals surface area contributed by atoms with Gasteiger partial charge in [-0.15, -0.1) is 0 Å². The first-order chi connectivity index (χ1) is 4.20. The minimum atomic E-state index is 0.191. The molecule has 9 heavy (non-hydrogen) atoms. The van der Waals surface area contributed by atoms with E-state index in [0.29, 0.717) is 5.92 Å². The zero-order valence-corrected chi connectivity index (χ0v) is 5.75. The van der Waals surface area contributed by atoms with E-state index in [-0.39, 0.29) is 12.1 Å². The van der Waals surface area contributed by atoms with Crippen LogP contribution in [0.4, 0.5) is 0 Å². The predicted molar refractivity (Wildman–Crippen MR) is 38.9 cm³/mol. The third kappa shape index (κ3) is 1.53. The summed E-state index contributed by atoms with van der Waals surface area (Å²) in [6.07, 6.45) is 5.06. The highest BCUT2D eigenvalue weighted by molar-refractivity contribution is 5.03. The molecule has 0 spiro atoms. The van der Waals surface area contributed by atoms with E-state index in [1.54, 1.807) is 0 Å². The molecule has 1 aliphatic rings. The van der Waals surface area contributed by atoms with E-state index in [2.05, 4.69) is 13.0 Å². The van der Waals surface area contributed by atoms with Crippen molar-refractivity contribution >= 4 is 0 Å². The molecule has 3 unspecified atom stereocenters. The van der Waals surface area contributed by atoms with Crippen molar-refractivity contribution < 1.29 is 0 Å². The Labute approximate surface area is 55.9 Å². The van der Waals surface area contributed by atoms with Crippen LogP contribution in [0.1, 0.15) is 13.3 Å². The largest absolute Gasteiger partial charge is 0.327 e. The zero-order chi connectivity index (χ0) is 6.85. The van der Waals surface area contributed by atoms with Crippen LogP contribution < -0.4 is 11.5 Å². The molecule has 0 aromatic carbocycles. The molecule has 0 fully saturated rings. The highest BCUT2D eigenvalue weighted by Crippen LogP contribution is 2.13. The minimum Gasteiger partial charge on any atom is -0.327 e. The standard InChI is InChI=1S/C7H14N2/c1-5-2-3-6(8)4-7(5)9/h2-3,5-7H,4,8-9H2,1H3. The summed E-state index contributed by atoms with van der Waals surface area (Å²) in [7, 11) is 0. The van der Waals surface area contributed by atoms with Gasteiger partial charge in [0.1, 0.15) is 0 Å². The molecule has 0 saturated heterocycles. The average Bonchev–Trinajstić information content (AvgIpc) is 1.80. The highest BCUT2D eigenvalue weighted by atomic mass is 14.7. The van der Waals surface area contributed by atoms with Crippen LogP contribution in [0.2, 0.25) is 0 Å². The zero-order valence-electron chi connectivity index (χ0n) is 5.75. The molecule has 0 bridgehead atoms. The van der Waals surface area contributed by atoms with Crippen molar-refractivity contribution in [2.24, 2.45) is 17.4 Å². The monoisotopic (exact) mass is 126 g/mol. The number of hydrogen-bond donors (Lipinski definition) is 2. The molecule has 0 heterocycles. The Bertz CT molecular complexity index is 120. The van der Waals surface area contributed by atoms with Gasteiger partial charge in [-0.05, 0) is 12.3 Å². The van der Waals surface area contributed by atoms with Crippen LogP contribution in [0.3, 0.4) is 0 Å². The van der Waals surface area contributed by atoms with Gasteiger partial charge in [0.05, 0.1) is 0 Å². The van der Waals surface area contributed by atoms with E-state index < -0.39 is 0 Å². The van der Waals surface area contributed by atoms with Crippen molar-refractivity contribution in [1.82, 2.24) is 0 Å². The first-order valence-corrected chi connectivity index (χ1v) is 3.39. The Hall–Kier alpha value is -0.340. The third-order valence-electron chi connectivity index (χ3n) is 1.88. The summed E-state index contributed by atoms with van der Waals surface area (Å²) < 4.78 is 0. The maximum Gasteiger partial charge on any atom is 0.0238 e. The molecular weight excluding hydrogens is 112 g/mol. The van der Waals surface area contributed by atoms with Crippen LogP contribution in [0, 0.1) is 5.92 Å². The molecule has 0 saturated carbocycles. The van der Waals surface area contributed by atoms with Gasteiger partial charge in [0, 0.05) is 12.1 Å². The summed E-state index contributed by atoms with van der Waals surface area (Å²) >= 11 is 0. The quantitative estimate of drug-likeness (QED) is 0.457. The Balaban J connectivity index is 2.54. The Morgan fingerprint density at radius 3 is 2.44 bits per heavy atom. The second kappa shape index (κ2) is 2.50. The van der Waals surface area contributed by atoms with Crippen LogP contribution in [0.25, 0.3) is 0 Å². The molecule has 0 aromatic rings. The van der Waals surface area contributed by atoms with Crippen LogP contribution in [0.15, 0.2) is 12.2 Å². The molecule has 3 atom stereocenters. The van der Waals surface area contributed by atoms with Crippen molar-refractivity contribution in [3.8, 4) is 0 Å². The van der Waals surface area contributed by atoms with Gasteiger partial charge >= 0.3 is 0 Å². The summed E-state index contributed by atoms with van der Waals surface area (Å²) in [5.74, 6) is 0.504. The SMILES string of the molecule is CC1C=CC(N)CC1N. The lowest BCUT2D eigenvalue weighted by molar-refractivity contribution is 0.458. The van der Waals surface area contributed by atoms with Gasteiger partial charge in [-0.1, -0.05) is 19.1 Å². The number of nitrogens with two attached hydrogens (primary N) is 2. The summed E-state index contributed by atoms with van der Waals surface area (Å²) in [5, 5.41) is 0. The van der Waals surface area contributed by atoms with Gasteiger partial charge < -0.3 is 11.5 Å². The fourth-order valence-corrected chi connectivity index (χ4v) is 1.07. The van der Waals surface area contributed by atoms with Crippen LogP contribution in [0.5, 0.6) is 0 Å². The van der Waals surface area contributed by atoms with Crippen molar-refractivity contribution in [2.75, 3.05) is 0 Å². The van der Waals surface area contributed by atoms with Crippen LogP contribution >= 0.6 is 0 Å². The fraction of sp³-hybridized carbons (Fsp3) is 0.714. The summed E-state index contributed by atoms with van der Waals surface area (Å²) in [6.45, 7) is 2.12. The molecule has 2 heteroatoms. The lowest BCUT2D eigenvalue weighted by Crippen LogP contribution is -2.37. The molecule has 0 aliphatic heterocycles. The average molecular weight is 126 g/mol. The molecule has 0 aromatic heterocycles. The molecule has 1 aliphatic carbocycles. The van der Waals surface area contributed by atoms with Gasteiger partial charge in [0.2, 0.25) is 0 Å². The van der Waals surface area contributed by atoms with E-state index in [9.17, 15) is 0 Å². The van der Waals surface area contributed by atoms with Gasteiger partial charge in [-0.2, -0.15) is 0 Å². The maximum atomic E-state index is 5.74. The molecule has 0 radical (unpaired) electrons. The third-order valence-corrected chi connectivity index (χ3v) is 1.88. The lowest BCUT2D eigenvalue weighted by atomic mass is 9.90. The number of rotatable bonds is 0. The van der Waals surface area contributed by atoms with Crippen LogP contribution in [-0.4, -0.2) is 12.1 Å². The van der Waals surface area contributed by atoms with E-state index in [0.717, 1.165) is 6.42 Å². The maximum absolute atomic E-state index is 5.74. The molecule has 1 rings (SSSR count).